The van der Waals surface area contributed by atoms with Crippen LogP contribution in [0.25, 0.3) is 0 Å². The van der Waals surface area contributed by atoms with Crippen molar-refractivity contribution < 1.29 is 4.39 Å². The van der Waals surface area contributed by atoms with Gasteiger partial charge in [-0.2, -0.15) is 0 Å². The molecule has 1 unspecified atom stereocenters. The molecule has 100 valence electrons. The molecule has 2 rings (SSSR count). The maximum atomic E-state index is 13.2. The van der Waals surface area contributed by atoms with Crippen molar-refractivity contribution in [2.45, 2.75) is 18.9 Å². The lowest BCUT2D eigenvalue weighted by Gasteiger charge is -2.27. The van der Waals surface area contributed by atoms with Gasteiger partial charge >= 0.3 is 0 Å². The average Bonchev–Trinajstić information content (AvgIpc) is 2.32. The molecule has 0 aromatic heterocycles. The predicted octanol–water partition coefficient (Wildman–Crippen LogP) is 4.55. The van der Waals surface area contributed by atoms with Crippen LogP contribution in [0.15, 0.2) is 42.5 Å². The zero-order chi connectivity index (χ0) is 14.0. The van der Waals surface area contributed by atoms with Gasteiger partial charge in [0.2, 0.25) is 0 Å². The first-order chi connectivity index (χ1) is 8.90. The summed E-state index contributed by atoms with van der Waals surface area (Å²) in [5.74, 6) is -0.273. The minimum Gasteiger partial charge on any atom is -0.321 e. The summed E-state index contributed by atoms with van der Waals surface area (Å²) in [5, 5.41) is 0.917. The average molecular weight is 298 g/mol. The van der Waals surface area contributed by atoms with Gasteiger partial charge in [0.1, 0.15) is 5.82 Å². The van der Waals surface area contributed by atoms with Crippen LogP contribution in [-0.4, -0.2) is 0 Å². The first kappa shape index (κ1) is 14.3. The molecular weight excluding hydrogens is 284 g/mol. The van der Waals surface area contributed by atoms with Gasteiger partial charge < -0.3 is 5.73 Å². The summed E-state index contributed by atoms with van der Waals surface area (Å²) in [7, 11) is 0. The van der Waals surface area contributed by atoms with Crippen molar-refractivity contribution >= 4 is 23.2 Å². The molecule has 0 fully saturated rings. The Kier molecular flexibility index (Phi) is 4.14. The van der Waals surface area contributed by atoms with Gasteiger partial charge in [0.15, 0.2) is 0 Å². The van der Waals surface area contributed by atoms with Gasteiger partial charge in [0, 0.05) is 5.54 Å². The van der Waals surface area contributed by atoms with E-state index in [0.717, 1.165) is 11.1 Å². The van der Waals surface area contributed by atoms with Gasteiger partial charge in [-0.15, -0.1) is 0 Å². The molecule has 4 heteroatoms. The molecule has 0 aliphatic carbocycles. The van der Waals surface area contributed by atoms with Crippen LogP contribution < -0.4 is 5.73 Å². The lowest BCUT2D eigenvalue weighted by molar-refractivity contribution is 0.490. The van der Waals surface area contributed by atoms with E-state index in [0.29, 0.717) is 16.5 Å². The number of nitrogens with two attached hydrogens (primary N) is 1. The Morgan fingerprint density at radius 3 is 2.53 bits per heavy atom. The van der Waals surface area contributed by atoms with Gasteiger partial charge in [-0.25, -0.2) is 4.39 Å². The molecule has 19 heavy (non-hydrogen) atoms. The molecule has 2 N–H and O–H groups in total. The van der Waals surface area contributed by atoms with E-state index in [4.69, 9.17) is 28.9 Å². The van der Waals surface area contributed by atoms with Crippen molar-refractivity contribution in [2.24, 2.45) is 5.73 Å². The summed E-state index contributed by atoms with van der Waals surface area (Å²) >= 11 is 12.2. The zero-order valence-corrected chi connectivity index (χ0v) is 12.0. The minimum absolute atomic E-state index is 0.273. The first-order valence-corrected chi connectivity index (χ1v) is 6.63. The molecule has 1 atom stereocenters. The second kappa shape index (κ2) is 5.49. The lowest BCUT2D eigenvalue weighted by Crippen LogP contribution is -2.35. The zero-order valence-electron chi connectivity index (χ0n) is 10.5. The second-order valence-corrected chi connectivity index (χ2v) is 5.61. The molecule has 0 heterocycles. The molecule has 0 saturated carbocycles. The minimum atomic E-state index is -0.713. The molecule has 0 aliphatic heterocycles. The van der Waals surface area contributed by atoms with Crippen LogP contribution in [0.2, 0.25) is 10.0 Å². The number of hydrogen-bond donors (Lipinski definition) is 1. The standard InChI is InChI=1S/C15H14Cl2FN/c1-15(19,9-10-4-2-5-11(18)8-10)12-6-3-7-13(16)14(12)17/h2-8H,9,19H2,1H3. The maximum Gasteiger partial charge on any atom is 0.123 e. The fraction of sp³-hybridized carbons (Fsp3) is 0.200. The van der Waals surface area contributed by atoms with E-state index >= 15 is 0 Å². The summed E-state index contributed by atoms with van der Waals surface area (Å²) in [5.41, 5.74) is 7.19. The summed E-state index contributed by atoms with van der Waals surface area (Å²) < 4.78 is 13.2. The van der Waals surface area contributed by atoms with E-state index in [1.165, 1.54) is 12.1 Å². The molecule has 1 nitrogen and oxygen atoms in total. The summed E-state index contributed by atoms with van der Waals surface area (Å²) in [6.07, 6.45) is 0.477. The van der Waals surface area contributed by atoms with E-state index in [-0.39, 0.29) is 5.82 Å². The highest BCUT2D eigenvalue weighted by Crippen LogP contribution is 2.33. The van der Waals surface area contributed by atoms with E-state index in [1.807, 2.05) is 19.1 Å². The van der Waals surface area contributed by atoms with Gasteiger partial charge in [0.25, 0.3) is 0 Å². The van der Waals surface area contributed by atoms with Crippen LogP contribution in [0.4, 0.5) is 4.39 Å². The number of benzene rings is 2. The van der Waals surface area contributed by atoms with Crippen molar-refractivity contribution in [2.75, 3.05) is 0 Å². The van der Waals surface area contributed by atoms with E-state index in [9.17, 15) is 4.39 Å². The van der Waals surface area contributed by atoms with E-state index in [1.54, 1.807) is 18.2 Å². The van der Waals surface area contributed by atoms with Crippen LogP contribution in [0, 0.1) is 5.82 Å². The van der Waals surface area contributed by atoms with Crippen LogP contribution in [0.5, 0.6) is 0 Å². The summed E-state index contributed by atoms with van der Waals surface area (Å²) in [6, 6.07) is 11.7. The Labute approximate surface area is 122 Å². The topological polar surface area (TPSA) is 26.0 Å². The summed E-state index contributed by atoms with van der Waals surface area (Å²) in [6.45, 7) is 1.86. The third kappa shape index (κ3) is 3.27. The third-order valence-electron chi connectivity index (χ3n) is 3.03. The number of rotatable bonds is 3. The Morgan fingerprint density at radius 1 is 1.16 bits per heavy atom. The van der Waals surface area contributed by atoms with Crippen molar-refractivity contribution in [3.63, 3.8) is 0 Å². The lowest BCUT2D eigenvalue weighted by atomic mass is 9.86. The van der Waals surface area contributed by atoms with Crippen molar-refractivity contribution in [3.8, 4) is 0 Å². The second-order valence-electron chi connectivity index (χ2n) is 4.83. The Morgan fingerprint density at radius 2 is 1.84 bits per heavy atom. The smallest absolute Gasteiger partial charge is 0.123 e. The summed E-state index contributed by atoms with van der Waals surface area (Å²) in [4.78, 5) is 0. The highest BCUT2D eigenvalue weighted by molar-refractivity contribution is 6.42. The van der Waals surface area contributed by atoms with Gasteiger partial charge in [0.05, 0.1) is 10.0 Å². The third-order valence-corrected chi connectivity index (χ3v) is 3.85. The Hall–Kier alpha value is -1.09. The van der Waals surface area contributed by atoms with Gasteiger partial charge in [-0.1, -0.05) is 47.5 Å². The molecule has 0 aliphatic rings. The molecule has 0 spiro atoms. The maximum absolute atomic E-state index is 13.2. The Balaban J connectivity index is 2.34. The molecule has 0 bridgehead atoms. The molecule has 0 amide bonds. The molecule has 2 aromatic carbocycles. The fourth-order valence-electron chi connectivity index (χ4n) is 2.11. The normalized spacial score (nSPS) is 14.2. The highest BCUT2D eigenvalue weighted by Gasteiger charge is 2.25. The van der Waals surface area contributed by atoms with Gasteiger partial charge in [-0.3, -0.25) is 0 Å². The fourth-order valence-corrected chi connectivity index (χ4v) is 2.63. The SMILES string of the molecule is CC(N)(Cc1cccc(F)c1)c1cccc(Cl)c1Cl. The molecule has 0 radical (unpaired) electrons. The molecular formula is C15H14Cl2FN. The largest absolute Gasteiger partial charge is 0.321 e. The number of halogens is 3. The van der Waals surface area contributed by atoms with E-state index in [2.05, 4.69) is 0 Å². The predicted molar refractivity (Wildman–Crippen MR) is 78.1 cm³/mol. The number of hydrogen-bond acceptors (Lipinski definition) is 1. The van der Waals surface area contributed by atoms with Crippen molar-refractivity contribution in [3.05, 3.63) is 69.5 Å². The van der Waals surface area contributed by atoms with Crippen LogP contribution in [-0.2, 0) is 12.0 Å². The molecule has 0 saturated heterocycles. The quantitative estimate of drug-likeness (QED) is 0.884. The van der Waals surface area contributed by atoms with Gasteiger partial charge in [-0.05, 0) is 42.7 Å². The van der Waals surface area contributed by atoms with Crippen molar-refractivity contribution in [1.82, 2.24) is 0 Å². The Bertz CT molecular complexity index is 596. The van der Waals surface area contributed by atoms with E-state index < -0.39 is 5.54 Å². The monoisotopic (exact) mass is 297 g/mol. The van der Waals surface area contributed by atoms with Crippen LogP contribution >= 0.6 is 23.2 Å². The van der Waals surface area contributed by atoms with Crippen LogP contribution in [0.3, 0.4) is 0 Å². The molecule has 2 aromatic rings. The van der Waals surface area contributed by atoms with Crippen molar-refractivity contribution in [1.29, 1.82) is 0 Å². The highest BCUT2D eigenvalue weighted by atomic mass is 35.5. The van der Waals surface area contributed by atoms with Crippen LogP contribution in [0.1, 0.15) is 18.1 Å². The first-order valence-electron chi connectivity index (χ1n) is 5.88.